The van der Waals surface area contributed by atoms with Crippen LogP contribution in [0.25, 0.3) is 0 Å². The number of ether oxygens (including phenoxy) is 1. The lowest BCUT2D eigenvalue weighted by molar-refractivity contribution is 0.317. The standard InChI is InChI=1S/C5H6N2O/c1-8-5(4-7)2-3-6/h2,4,7H,1H3/b5-2-,7-4?. The van der Waals surface area contributed by atoms with Crippen molar-refractivity contribution in [1.29, 1.82) is 10.7 Å². The molecular formula is C5H6N2O. The summed E-state index contributed by atoms with van der Waals surface area (Å²) >= 11 is 0. The molecule has 0 rings (SSSR count). The van der Waals surface area contributed by atoms with Crippen molar-refractivity contribution in [2.45, 2.75) is 0 Å². The number of nitrogens with zero attached hydrogens (tertiary/aromatic N) is 1. The number of hydrogen-bond donors (Lipinski definition) is 1. The number of methoxy groups -OCH3 is 1. The highest BCUT2D eigenvalue weighted by Crippen LogP contribution is 1.85. The predicted octanol–water partition coefficient (Wildman–Crippen LogP) is 0.690. The van der Waals surface area contributed by atoms with Gasteiger partial charge in [0.15, 0.2) is 0 Å². The number of nitrogens with one attached hydrogen (secondary N) is 1. The lowest BCUT2D eigenvalue weighted by atomic mass is 10.5. The van der Waals surface area contributed by atoms with Crippen LogP contribution in [0.3, 0.4) is 0 Å². The summed E-state index contributed by atoms with van der Waals surface area (Å²) in [4.78, 5) is 0. The van der Waals surface area contributed by atoms with Gasteiger partial charge in [-0.3, -0.25) is 0 Å². The molecule has 0 aromatic rings. The first-order chi connectivity index (χ1) is 3.85. The van der Waals surface area contributed by atoms with Crippen LogP contribution in [0, 0.1) is 16.7 Å². The average molecular weight is 110 g/mol. The van der Waals surface area contributed by atoms with Crippen molar-refractivity contribution < 1.29 is 4.74 Å². The molecule has 42 valence electrons. The van der Waals surface area contributed by atoms with Gasteiger partial charge in [-0.1, -0.05) is 0 Å². The predicted molar refractivity (Wildman–Crippen MR) is 29.5 cm³/mol. The van der Waals surface area contributed by atoms with E-state index >= 15 is 0 Å². The van der Waals surface area contributed by atoms with E-state index in [9.17, 15) is 0 Å². The summed E-state index contributed by atoms with van der Waals surface area (Å²) in [7, 11) is 1.41. The Morgan fingerprint density at radius 2 is 2.50 bits per heavy atom. The zero-order valence-electron chi connectivity index (χ0n) is 4.51. The molecule has 0 atom stereocenters. The van der Waals surface area contributed by atoms with Gasteiger partial charge in [-0.2, -0.15) is 5.26 Å². The lowest BCUT2D eigenvalue weighted by Gasteiger charge is -1.91. The zero-order valence-corrected chi connectivity index (χ0v) is 4.51. The molecule has 0 aromatic carbocycles. The Morgan fingerprint density at radius 3 is 2.62 bits per heavy atom. The maximum absolute atomic E-state index is 7.99. The summed E-state index contributed by atoms with van der Waals surface area (Å²) in [6.07, 6.45) is 2.14. The fraction of sp³-hybridized carbons (Fsp3) is 0.200. The zero-order chi connectivity index (χ0) is 6.41. The monoisotopic (exact) mass is 110 g/mol. The van der Waals surface area contributed by atoms with Crippen molar-refractivity contribution in [3.8, 4) is 6.07 Å². The van der Waals surface area contributed by atoms with Gasteiger partial charge in [0, 0.05) is 0 Å². The molecule has 0 amide bonds. The third-order valence-electron chi connectivity index (χ3n) is 0.585. The Morgan fingerprint density at radius 1 is 1.88 bits per heavy atom. The van der Waals surface area contributed by atoms with Gasteiger partial charge in [0.1, 0.15) is 5.76 Å². The number of allylic oxidation sites excluding steroid dienone is 2. The van der Waals surface area contributed by atoms with Crippen molar-refractivity contribution in [3.63, 3.8) is 0 Å². The smallest absolute Gasteiger partial charge is 0.146 e. The van der Waals surface area contributed by atoms with Crippen LogP contribution in [-0.2, 0) is 4.74 Å². The summed E-state index contributed by atoms with van der Waals surface area (Å²) in [5, 5.41) is 14.6. The Bertz CT molecular complexity index is 143. The molecule has 0 bridgehead atoms. The van der Waals surface area contributed by atoms with E-state index in [2.05, 4.69) is 4.74 Å². The van der Waals surface area contributed by atoms with Gasteiger partial charge < -0.3 is 10.1 Å². The van der Waals surface area contributed by atoms with E-state index in [0.717, 1.165) is 12.3 Å². The molecule has 0 spiro atoms. The minimum Gasteiger partial charge on any atom is -0.494 e. The average Bonchev–Trinajstić information content (AvgIpc) is 1.83. The Balaban J connectivity index is 3.91. The molecule has 0 saturated heterocycles. The molecule has 0 heterocycles. The molecule has 3 nitrogen and oxygen atoms in total. The molecule has 0 aliphatic carbocycles. The van der Waals surface area contributed by atoms with E-state index in [4.69, 9.17) is 10.7 Å². The molecule has 3 heteroatoms. The highest BCUT2D eigenvalue weighted by Gasteiger charge is 1.82. The van der Waals surface area contributed by atoms with Crippen LogP contribution in [0.15, 0.2) is 11.8 Å². The summed E-state index contributed by atoms with van der Waals surface area (Å²) in [6, 6.07) is 1.73. The Labute approximate surface area is 47.7 Å². The van der Waals surface area contributed by atoms with Crippen LogP contribution in [0.5, 0.6) is 0 Å². The van der Waals surface area contributed by atoms with Gasteiger partial charge in [0.25, 0.3) is 0 Å². The second-order valence-electron chi connectivity index (χ2n) is 1.02. The maximum atomic E-state index is 7.99. The number of rotatable bonds is 2. The third kappa shape index (κ3) is 1.98. The van der Waals surface area contributed by atoms with Crippen LogP contribution < -0.4 is 0 Å². The first-order valence-electron chi connectivity index (χ1n) is 1.99. The highest BCUT2D eigenvalue weighted by atomic mass is 16.5. The maximum Gasteiger partial charge on any atom is 0.146 e. The molecule has 0 radical (unpaired) electrons. The molecule has 0 fully saturated rings. The van der Waals surface area contributed by atoms with Gasteiger partial charge in [0.2, 0.25) is 0 Å². The minimum atomic E-state index is 0.271. The van der Waals surface area contributed by atoms with Crippen LogP contribution in [0.2, 0.25) is 0 Å². The quantitative estimate of drug-likeness (QED) is 0.323. The molecule has 0 aromatic heterocycles. The van der Waals surface area contributed by atoms with Crippen molar-refractivity contribution in [1.82, 2.24) is 0 Å². The van der Waals surface area contributed by atoms with Crippen LogP contribution in [-0.4, -0.2) is 13.3 Å². The van der Waals surface area contributed by atoms with Crippen LogP contribution >= 0.6 is 0 Å². The van der Waals surface area contributed by atoms with E-state index in [0.29, 0.717) is 0 Å². The van der Waals surface area contributed by atoms with Crippen LogP contribution in [0.1, 0.15) is 0 Å². The van der Waals surface area contributed by atoms with Crippen molar-refractivity contribution in [2.75, 3.05) is 7.11 Å². The second-order valence-corrected chi connectivity index (χ2v) is 1.02. The normalized spacial score (nSPS) is 9.75. The molecular weight excluding hydrogens is 104 g/mol. The summed E-state index contributed by atoms with van der Waals surface area (Å²) in [6.45, 7) is 0. The minimum absolute atomic E-state index is 0.271. The summed E-state index contributed by atoms with van der Waals surface area (Å²) in [5.74, 6) is 0.271. The highest BCUT2D eigenvalue weighted by molar-refractivity contribution is 5.73. The van der Waals surface area contributed by atoms with Gasteiger partial charge in [-0.05, 0) is 0 Å². The largest absolute Gasteiger partial charge is 0.494 e. The fourth-order valence-corrected chi connectivity index (χ4v) is 0.223. The fourth-order valence-electron chi connectivity index (χ4n) is 0.223. The van der Waals surface area contributed by atoms with E-state index in [1.165, 1.54) is 7.11 Å². The van der Waals surface area contributed by atoms with Crippen molar-refractivity contribution >= 4 is 6.21 Å². The Hall–Kier alpha value is -1.30. The van der Waals surface area contributed by atoms with Gasteiger partial charge in [-0.15, -0.1) is 0 Å². The third-order valence-corrected chi connectivity index (χ3v) is 0.585. The lowest BCUT2D eigenvalue weighted by Crippen LogP contribution is -1.84. The molecule has 0 unspecified atom stereocenters. The van der Waals surface area contributed by atoms with Gasteiger partial charge >= 0.3 is 0 Å². The van der Waals surface area contributed by atoms with Crippen molar-refractivity contribution in [2.24, 2.45) is 0 Å². The number of nitriles is 1. The molecule has 8 heavy (non-hydrogen) atoms. The SMILES string of the molecule is CO/C(C=N)=C\C#N. The molecule has 0 aliphatic rings. The van der Waals surface area contributed by atoms with E-state index in [1.807, 2.05) is 0 Å². The molecule has 0 aliphatic heterocycles. The van der Waals surface area contributed by atoms with Crippen LogP contribution in [0.4, 0.5) is 0 Å². The molecule has 1 N–H and O–H groups in total. The first kappa shape index (κ1) is 6.70. The second kappa shape index (κ2) is 3.88. The molecule has 0 saturated carbocycles. The van der Waals surface area contributed by atoms with E-state index < -0.39 is 0 Å². The topological polar surface area (TPSA) is 56.9 Å². The Kier molecular flexibility index (Phi) is 3.25. The van der Waals surface area contributed by atoms with E-state index in [-0.39, 0.29) is 5.76 Å². The van der Waals surface area contributed by atoms with Gasteiger partial charge in [-0.25, -0.2) is 0 Å². The van der Waals surface area contributed by atoms with Gasteiger partial charge in [0.05, 0.1) is 25.5 Å². The van der Waals surface area contributed by atoms with Crippen molar-refractivity contribution in [3.05, 3.63) is 11.8 Å². The van der Waals surface area contributed by atoms with E-state index in [1.54, 1.807) is 6.07 Å². The first-order valence-corrected chi connectivity index (χ1v) is 1.99. The summed E-state index contributed by atoms with van der Waals surface area (Å²) in [5.41, 5.74) is 0. The number of hydrogen-bond acceptors (Lipinski definition) is 3. The summed E-state index contributed by atoms with van der Waals surface area (Å²) < 4.78 is 4.54.